The van der Waals surface area contributed by atoms with Crippen molar-refractivity contribution in [2.45, 2.75) is 52.9 Å². The summed E-state index contributed by atoms with van der Waals surface area (Å²) in [6.07, 6.45) is 16.5. The van der Waals surface area contributed by atoms with Gasteiger partial charge in [0, 0.05) is 40.8 Å². The van der Waals surface area contributed by atoms with Gasteiger partial charge < -0.3 is 9.80 Å². The van der Waals surface area contributed by atoms with E-state index in [9.17, 15) is 0 Å². The van der Waals surface area contributed by atoms with Crippen molar-refractivity contribution in [1.29, 1.82) is 0 Å². The molecule has 0 saturated carbocycles. The number of aryl methyl sites for hydroxylation is 2. The largest absolute Gasteiger partial charge is 0.344 e. The molecule has 65 heavy (non-hydrogen) atoms. The van der Waals surface area contributed by atoms with Crippen molar-refractivity contribution in [2.24, 2.45) is 0 Å². The Morgan fingerprint density at radius 2 is 1.31 bits per heavy atom. The average molecular weight is 845 g/mol. The van der Waals surface area contributed by atoms with E-state index in [1.807, 2.05) is 30.4 Å². The zero-order valence-corrected chi connectivity index (χ0v) is 39.0. The lowest BCUT2D eigenvalue weighted by Crippen LogP contribution is -2.20. The number of hydrogen-bond donors (Lipinski definition) is 0. The van der Waals surface area contributed by atoms with Crippen LogP contribution in [0.4, 0.5) is 22.7 Å². The molecule has 0 aromatic heterocycles. The highest BCUT2D eigenvalue weighted by Gasteiger charge is 2.39. The van der Waals surface area contributed by atoms with Crippen LogP contribution < -0.4 is 9.80 Å². The van der Waals surface area contributed by atoms with E-state index in [2.05, 4.69) is 229 Å². The van der Waals surface area contributed by atoms with Gasteiger partial charge in [0.05, 0.1) is 5.69 Å². The topological polar surface area (TPSA) is 6.48 Å². The molecule has 0 unspecified atom stereocenters. The van der Waals surface area contributed by atoms with Crippen LogP contribution in [-0.4, -0.2) is 7.05 Å². The van der Waals surface area contributed by atoms with Gasteiger partial charge in [-0.1, -0.05) is 168 Å². The van der Waals surface area contributed by atoms with E-state index in [0.29, 0.717) is 0 Å². The Labute approximate surface area is 387 Å². The van der Waals surface area contributed by atoms with E-state index < -0.39 is 0 Å². The Bertz CT molecular complexity index is 3080. The molecular formula is C63H60N2. The number of allylic oxidation sites excluding steroid dienone is 7. The van der Waals surface area contributed by atoms with Gasteiger partial charge in [0.15, 0.2) is 0 Å². The maximum atomic E-state index is 4.35. The maximum Gasteiger partial charge on any atom is 0.0543 e. The first-order valence-electron chi connectivity index (χ1n) is 22.7. The minimum absolute atomic E-state index is 0.286. The van der Waals surface area contributed by atoms with E-state index in [0.717, 1.165) is 33.9 Å². The number of benzene rings is 7. The van der Waals surface area contributed by atoms with Crippen molar-refractivity contribution < 1.29 is 0 Å². The standard InChI is InChI=1S/C49H44N2.C14H16/c1-9-18-38(10-2)51(40-25-23-35-21-16-17-22-36(35)30-40)47-32-45-48(42(12-4)41(47)11-3)43-27-26-39(31-44(43)49(45,6)7)50(8)46-28-24-37(29-33(46)5)34-19-14-13-15-20-34;1-11-7-3-5-9-13(11)14-10-6-4-8-12(14)2/h9-32H,1-4H2,5-8H3;3-5,7-9H,6,10H2,1-2H3/b38-18+;. The molecule has 0 N–H and O–H groups in total. The SMILES string of the molecule is C=C/C=C(\C=C)N(c1ccc2ccccc2c1)c1cc2c(c(C=C)c1C=C)-c1ccc(N(C)c3ccc(-c4ccccc4)cc3C)cc1C2(C)C.CC1=C(c2ccccc2C)CCC=C1. The summed E-state index contributed by atoms with van der Waals surface area (Å²) in [4.78, 5) is 4.57. The molecule has 0 aliphatic heterocycles. The van der Waals surface area contributed by atoms with Crippen LogP contribution in [0.3, 0.4) is 0 Å². The zero-order valence-electron chi connectivity index (χ0n) is 39.0. The lowest BCUT2D eigenvalue weighted by Gasteiger charge is -2.31. The smallest absolute Gasteiger partial charge is 0.0543 e. The van der Waals surface area contributed by atoms with E-state index in [4.69, 9.17) is 0 Å². The second-order valence-corrected chi connectivity index (χ2v) is 17.7. The first-order valence-corrected chi connectivity index (χ1v) is 22.7. The van der Waals surface area contributed by atoms with Crippen LogP contribution in [0.25, 0.3) is 50.8 Å². The summed E-state index contributed by atoms with van der Waals surface area (Å²) in [7, 11) is 2.16. The van der Waals surface area contributed by atoms with Gasteiger partial charge >= 0.3 is 0 Å². The van der Waals surface area contributed by atoms with Gasteiger partial charge in [-0.25, -0.2) is 0 Å². The molecule has 2 aliphatic rings. The molecule has 7 aromatic rings. The Morgan fingerprint density at radius 1 is 0.600 bits per heavy atom. The molecule has 2 aliphatic carbocycles. The highest BCUT2D eigenvalue weighted by atomic mass is 15.1. The molecule has 322 valence electrons. The minimum Gasteiger partial charge on any atom is -0.344 e. The second kappa shape index (κ2) is 18.7. The van der Waals surface area contributed by atoms with Crippen molar-refractivity contribution in [3.63, 3.8) is 0 Å². The highest BCUT2D eigenvalue weighted by Crippen LogP contribution is 2.55. The summed E-state index contributed by atoms with van der Waals surface area (Å²) in [5.41, 5.74) is 21.5. The average Bonchev–Trinajstić information content (AvgIpc) is 3.56. The third-order valence-corrected chi connectivity index (χ3v) is 13.3. The molecule has 7 aromatic carbocycles. The van der Waals surface area contributed by atoms with Gasteiger partial charge in [0.2, 0.25) is 0 Å². The maximum absolute atomic E-state index is 4.35. The van der Waals surface area contributed by atoms with E-state index >= 15 is 0 Å². The van der Waals surface area contributed by atoms with E-state index in [1.165, 1.54) is 90.5 Å². The van der Waals surface area contributed by atoms with Crippen LogP contribution in [0, 0.1) is 13.8 Å². The van der Waals surface area contributed by atoms with E-state index in [-0.39, 0.29) is 5.41 Å². The third kappa shape index (κ3) is 8.41. The number of nitrogens with zero attached hydrogens (tertiary/aromatic N) is 2. The Morgan fingerprint density at radius 3 is 2.00 bits per heavy atom. The lowest BCUT2D eigenvalue weighted by atomic mass is 9.81. The van der Waals surface area contributed by atoms with Crippen LogP contribution in [0.2, 0.25) is 0 Å². The van der Waals surface area contributed by atoms with Crippen molar-refractivity contribution >= 4 is 51.2 Å². The van der Waals surface area contributed by atoms with Crippen LogP contribution in [0.1, 0.15) is 72.6 Å². The minimum atomic E-state index is -0.286. The third-order valence-electron chi connectivity index (χ3n) is 13.3. The monoisotopic (exact) mass is 844 g/mol. The summed E-state index contributed by atoms with van der Waals surface area (Å²) < 4.78 is 0. The first kappa shape index (κ1) is 44.2. The molecule has 0 fully saturated rings. The fourth-order valence-electron chi connectivity index (χ4n) is 9.84. The van der Waals surface area contributed by atoms with Gasteiger partial charge in [-0.05, 0) is 166 Å². The van der Waals surface area contributed by atoms with Crippen molar-refractivity contribution in [2.75, 3.05) is 16.8 Å². The van der Waals surface area contributed by atoms with E-state index in [1.54, 1.807) is 0 Å². The summed E-state index contributed by atoms with van der Waals surface area (Å²) in [6.45, 7) is 28.2. The lowest BCUT2D eigenvalue weighted by molar-refractivity contribution is 0.660. The molecular weight excluding hydrogens is 785 g/mol. The Kier molecular flexibility index (Phi) is 12.7. The van der Waals surface area contributed by atoms with Crippen LogP contribution >= 0.6 is 0 Å². The van der Waals surface area contributed by atoms with Gasteiger partial charge in [-0.15, -0.1) is 0 Å². The summed E-state index contributed by atoms with van der Waals surface area (Å²) in [5.74, 6) is 0. The molecule has 0 bridgehead atoms. The summed E-state index contributed by atoms with van der Waals surface area (Å²) in [6, 6.07) is 50.2. The Balaban J connectivity index is 0.000000349. The molecule has 0 atom stereocenters. The molecule has 2 nitrogen and oxygen atoms in total. The predicted octanol–water partition coefficient (Wildman–Crippen LogP) is 17.7. The van der Waals surface area contributed by atoms with Gasteiger partial charge in [0.1, 0.15) is 0 Å². The van der Waals surface area contributed by atoms with Gasteiger partial charge in [0.25, 0.3) is 0 Å². The number of rotatable bonds is 11. The molecule has 0 heterocycles. The summed E-state index contributed by atoms with van der Waals surface area (Å²) in [5, 5.41) is 2.36. The molecule has 0 saturated heterocycles. The fourth-order valence-corrected chi connectivity index (χ4v) is 9.84. The Hall–Kier alpha value is -7.42. The van der Waals surface area contributed by atoms with Crippen molar-refractivity contribution in [3.8, 4) is 22.3 Å². The fraction of sp³-hybridized carbons (Fsp3) is 0.143. The van der Waals surface area contributed by atoms with Gasteiger partial charge in [-0.3, -0.25) is 0 Å². The second-order valence-electron chi connectivity index (χ2n) is 17.7. The summed E-state index contributed by atoms with van der Waals surface area (Å²) >= 11 is 0. The number of anilines is 4. The number of hydrogen-bond acceptors (Lipinski definition) is 2. The zero-order chi connectivity index (χ0) is 45.8. The molecule has 0 spiro atoms. The molecule has 0 amide bonds. The van der Waals surface area contributed by atoms with Crippen molar-refractivity contribution in [1.82, 2.24) is 0 Å². The molecule has 0 radical (unpaired) electrons. The highest BCUT2D eigenvalue weighted by molar-refractivity contribution is 5.97. The molecule has 9 rings (SSSR count). The van der Waals surface area contributed by atoms with Crippen molar-refractivity contribution in [3.05, 3.63) is 246 Å². The van der Waals surface area contributed by atoms with Crippen LogP contribution in [0.15, 0.2) is 207 Å². The first-order chi connectivity index (χ1) is 31.5. The quantitative estimate of drug-likeness (QED) is 0.120. The number of fused-ring (bicyclic) bond motifs is 4. The normalized spacial score (nSPS) is 13.6. The van der Waals surface area contributed by atoms with Gasteiger partial charge in [-0.2, -0.15) is 0 Å². The molecule has 2 heteroatoms. The van der Waals surface area contributed by atoms with Crippen LogP contribution in [-0.2, 0) is 5.41 Å². The van der Waals surface area contributed by atoms with Crippen LogP contribution in [0.5, 0.6) is 0 Å². The predicted molar refractivity (Wildman–Crippen MR) is 286 cm³/mol.